The van der Waals surface area contributed by atoms with Crippen LogP contribution >= 0.6 is 0 Å². The number of ether oxygens (including phenoxy) is 2. The number of nitrogens with zero attached hydrogens (tertiary/aromatic N) is 1. The molecule has 1 N–H and O–H groups in total. The molecule has 0 aliphatic carbocycles. The van der Waals surface area contributed by atoms with Crippen molar-refractivity contribution >= 4 is 17.4 Å². The SMILES string of the molecule is COc1ccc(C(O)=C2C(=O)C(=O)N(C)[C@H]2c2ccc(F)cc2)cc1OC. The quantitative estimate of drug-likeness (QED) is 0.508. The molecular weight excluding hydrogens is 353 g/mol. The highest BCUT2D eigenvalue weighted by atomic mass is 19.1. The number of likely N-dealkylation sites (tertiary alicyclic amines) is 1. The normalized spacial score (nSPS) is 18.7. The molecule has 0 unspecified atom stereocenters. The highest BCUT2D eigenvalue weighted by Crippen LogP contribution is 2.39. The minimum Gasteiger partial charge on any atom is -0.507 e. The molecule has 0 spiro atoms. The number of rotatable bonds is 4. The van der Waals surface area contributed by atoms with Gasteiger partial charge in [-0.3, -0.25) is 9.59 Å². The summed E-state index contributed by atoms with van der Waals surface area (Å²) in [6.45, 7) is 0. The number of amides is 1. The average Bonchev–Trinajstić information content (AvgIpc) is 2.91. The number of hydrogen-bond donors (Lipinski definition) is 1. The number of likely N-dealkylation sites (N-methyl/N-ethyl adjacent to an activating group) is 1. The number of aliphatic hydroxyl groups excluding tert-OH is 1. The fraction of sp³-hybridized carbons (Fsp3) is 0.200. The molecule has 0 saturated carbocycles. The Labute approximate surface area is 155 Å². The first-order chi connectivity index (χ1) is 12.9. The predicted molar refractivity (Wildman–Crippen MR) is 96.0 cm³/mol. The van der Waals surface area contributed by atoms with Crippen LogP contribution in [0.1, 0.15) is 17.2 Å². The van der Waals surface area contributed by atoms with Crippen LogP contribution in [0.4, 0.5) is 4.39 Å². The van der Waals surface area contributed by atoms with Crippen LogP contribution in [0, 0.1) is 5.82 Å². The van der Waals surface area contributed by atoms with Gasteiger partial charge in [-0.25, -0.2) is 4.39 Å². The second-order valence-electron chi connectivity index (χ2n) is 6.03. The Bertz CT molecular complexity index is 936. The van der Waals surface area contributed by atoms with Gasteiger partial charge in [-0.05, 0) is 35.9 Å². The van der Waals surface area contributed by atoms with Gasteiger partial charge in [-0.15, -0.1) is 0 Å². The lowest BCUT2D eigenvalue weighted by Gasteiger charge is -2.21. The molecule has 3 rings (SSSR count). The van der Waals surface area contributed by atoms with Crippen LogP contribution in [-0.4, -0.2) is 43.0 Å². The maximum atomic E-state index is 13.3. The topological polar surface area (TPSA) is 76.1 Å². The summed E-state index contributed by atoms with van der Waals surface area (Å²) >= 11 is 0. The maximum Gasteiger partial charge on any atom is 0.295 e. The van der Waals surface area contributed by atoms with Crippen molar-refractivity contribution in [1.82, 2.24) is 4.90 Å². The van der Waals surface area contributed by atoms with E-state index in [1.54, 1.807) is 12.1 Å². The van der Waals surface area contributed by atoms with Crippen LogP contribution in [0.5, 0.6) is 11.5 Å². The molecule has 1 saturated heterocycles. The lowest BCUT2D eigenvalue weighted by Crippen LogP contribution is -2.24. The van der Waals surface area contributed by atoms with E-state index < -0.39 is 23.5 Å². The molecular formula is C20H18FNO5. The van der Waals surface area contributed by atoms with Gasteiger partial charge in [0.25, 0.3) is 11.7 Å². The molecule has 6 nitrogen and oxygen atoms in total. The molecule has 1 atom stereocenters. The van der Waals surface area contributed by atoms with Gasteiger partial charge in [-0.2, -0.15) is 0 Å². The monoisotopic (exact) mass is 371 g/mol. The molecule has 27 heavy (non-hydrogen) atoms. The van der Waals surface area contributed by atoms with Crippen molar-refractivity contribution in [2.45, 2.75) is 6.04 Å². The smallest absolute Gasteiger partial charge is 0.295 e. The molecule has 1 aliphatic heterocycles. The van der Waals surface area contributed by atoms with E-state index in [1.165, 1.54) is 56.5 Å². The van der Waals surface area contributed by atoms with E-state index in [0.29, 0.717) is 22.6 Å². The van der Waals surface area contributed by atoms with Crippen LogP contribution in [0.2, 0.25) is 0 Å². The van der Waals surface area contributed by atoms with Crippen LogP contribution in [0.15, 0.2) is 48.0 Å². The van der Waals surface area contributed by atoms with Gasteiger partial charge in [0.1, 0.15) is 11.6 Å². The van der Waals surface area contributed by atoms with Crippen molar-refractivity contribution in [3.8, 4) is 11.5 Å². The van der Waals surface area contributed by atoms with Crippen molar-refractivity contribution in [2.75, 3.05) is 21.3 Å². The Morgan fingerprint density at radius 2 is 1.67 bits per heavy atom. The predicted octanol–water partition coefficient (Wildman–Crippen LogP) is 2.89. The van der Waals surface area contributed by atoms with Gasteiger partial charge < -0.3 is 19.5 Å². The standard InChI is InChI=1S/C20H18FNO5/c1-22-17(11-4-7-13(21)8-5-11)16(19(24)20(22)25)18(23)12-6-9-14(26-2)15(10-12)27-3/h4-10,17,23H,1-3H3/t17-/m0/s1. The number of aliphatic hydroxyl groups is 1. The number of hydrogen-bond acceptors (Lipinski definition) is 5. The molecule has 1 heterocycles. The van der Waals surface area contributed by atoms with Crippen LogP contribution in [-0.2, 0) is 9.59 Å². The average molecular weight is 371 g/mol. The van der Waals surface area contributed by atoms with E-state index in [-0.39, 0.29) is 11.3 Å². The number of methoxy groups -OCH3 is 2. The fourth-order valence-electron chi connectivity index (χ4n) is 3.12. The lowest BCUT2D eigenvalue weighted by molar-refractivity contribution is -0.139. The minimum absolute atomic E-state index is 0.0682. The summed E-state index contributed by atoms with van der Waals surface area (Å²) in [5.74, 6) is -1.50. The number of ketones is 1. The van der Waals surface area contributed by atoms with E-state index in [9.17, 15) is 19.1 Å². The minimum atomic E-state index is -0.821. The molecule has 0 radical (unpaired) electrons. The third-order valence-corrected chi connectivity index (χ3v) is 4.52. The summed E-state index contributed by atoms with van der Waals surface area (Å²) in [4.78, 5) is 26.0. The summed E-state index contributed by atoms with van der Waals surface area (Å²) < 4.78 is 23.7. The van der Waals surface area contributed by atoms with Crippen LogP contribution in [0.25, 0.3) is 5.76 Å². The summed E-state index contributed by atoms with van der Waals surface area (Å²) in [6.07, 6.45) is 0. The van der Waals surface area contributed by atoms with Crippen LogP contribution < -0.4 is 9.47 Å². The second kappa shape index (κ2) is 7.11. The van der Waals surface area contributed by atoms with E-state index in [0.717, 1.165) is 0 Å². The fourth-order valence-corrected chi connectivity index (χ4v) is 3.12. The van der Waals surface area contributed by atoms with Crippen molar-refractivity contribution in [1.29, 1.82) is 0 Å². The van der Waals surface area contributed by atoms with Gasteiger partial charge >= 0.3 is 0 Å². The molecule has 0 aromatic heterocycles. The van der Waals surface area contributed by atoms with Crippen molar-refractivity contribution < 1.29 is 28.6 Å². The van der Waals surface area contributed by atoms with Crippen molar-refractivity contribution in [2.24, 2.45) is 0 Å². The Morgan fingerprint density at radius 1 is 1.04 bits per heavy atom. The van der Waals surface area contributed by atoms with E-state index in [2.05, 4.69) is 0 Å². The summed E-state index contributed by atoms with van der Waals surface area (Å²) in [7, 11) is 4.39. The molecule has 140 valence electrons. The highest BCUT2D eigenvalue weighted by Gasteiger charge is 2.44. The van der Waals surface area contributed by atoms with Crippen LogP contribution in [0.3, 0.4) is 0 Å². The number of benzene rings is 2. The summed E-state index contributed by atoms with van der Waals surface area (Å²) in [5.41, 5.74) is 0.743. The van der Waals surface area contributed by atoms with E-state index >= 15 is 0 Å². The van der Waals surface area contributed by atoms with E-state index in [4.69, 9.17) is 9.47 Å². The van der Waals surface area contributed by atoms with E-state index in [1.807, 2.05) is 0 Å². The molecule has 2 aromatic rings. The van der Waals surface area contributed by atoms with Gasteiger partial charge in [-0.1, -0.05) is 12.1 Å². The first kappa shape index (κ1) is 18.4. The number of carbonyl (C=O) groups is 2. The Kier molecular flexibility index (Phi) is 4.85. The number of halogens is 1. The number of Topliss-reactive ketones (excluding diaryl/α,β-unsaturated/α-hetero) is 1. The highest BCUT2D eigenvalue weighted by molar-refractivity contribution is 6.46. The Hall–Kier alpha value is -3.35. The summed E-state index contributed by atoms with van der Waals surface area (Å²) in [5, 5.41) is 10.8. The number of carbonyl (C=O) groups excluding carboxylic acids is 2. The summed E-state index contributed by atoms with van der Waals surface area (Å²) in [6, 6.07) is 9.26. The Balaban J connectivity index is 2.16. The molecule has 0 bridgehead atoms. The zero-order valence-corrected chi connectivity index (χ0v) is 15.0. The molecule has 1 fully saturated rings. The molecule has 1 amide bonds. The molecule has 2 aromatic carbocycles. The largest absolute Gasteiger partial charge is 0.507 e. The van der Waals surface area contributed by atoms with Gasteiger partial charge in [0.05, 0.1) is 25.8 Å². The van der Waals surface area contributed by atoms with Gasteiger partial charge in [0.15, 0.2) is 11.5 Å². The van der Waals surface area contributed by atoms with Gasteiger partial charge in [0.2, 0.25) is 0 Å². The Morgan fingerprint density at radius 3 is 2.26 bits per heavy atom. The maximum absolute atomic E-state index is 13.3. The molecule has 7 heteroatoms. The van der Waals surface area contributed by atoms with Gasteiger partial charge in [0, 0.05) is 12.6 Å². The zero-order chi connectivity index (χ0) is 19.7. The van der Waals surface area contributed by atoms with Crippen molar-refractivity contribution in [3.05, 3.63) is 65.0 Å². The zero-order valence-electron chi connectivity index (χ0n) is 15.0. The first-order valence-electron chi connectivity index (χ1n) is 8.11. The third-order valence-electron chi connectivity index (χ3n) is 4.52. The van der Waals surface area contributed by atoms with Crippen molar-refractivity contribution in [3.63, 3.8) is 0 Å². The lowest BCUT2D eigenvalue weighted by atomic mass is 9.95. The second-order valence-corrected chi connectivity index (χ2v) is 6.03. The third kappa shape index (κ3) is 3.12. The first-order valence-corrected chi connectivity index (χ1v) is 8.11. The molecule has 1 aliphatic rings.